The van der Waals surface area contributed by atoms with Crippen LogP contribution in [0.5, 0.6) is 0 Å². The monoisotopic (exact) mass is 339 g/mol. The lowest BCUT2D eigenvalue weighted by molar-refractivity contribution is -0.767. The molecule has 0 amide bonds. The van der Waals surface area contributed by atoms with E-state index in [0.29, 0.717) is 11.8 Å². The van der Waals surface area contributed by atoms with Gasteiger partial charge in [-0.25, -0.2) is 0 Å². The van der Waals surface area contributed by atoms with Crippen LogP contribution in [0.15, 0.2) is 10.1 Å². The molecule has 3 rings (SSSR count). The molecule has 1 unspecified atom stereocenters. The van der Waals surface area contributed by atoms with Crippen molar-refractivity contribution in [1.82, 2.24) is 5.43 Å². The van der Waals surface area contributed by atoms with Crippen LogP contribution in [-0.4, -0.2) is 55.3 Å². The summed E-state index contributed by atoms with van der Waals surface area (Å²) in [6.45, 7) is 3.50. The second-order valence-corrected chi connectivity index (χ2v) is 6.81. The van der Waals surface area contributed by atoms with Crippen molar-refractivity contribution in [2.45, 2.75) is 24.4 Å². The van der Waals surface area contributed by atoms with E-state index in [2.05, 4.69) is 15.5 Å². The third-order valence-corrected chi connectivity index (χ3v) is 5.60. The maximum atomic E-state index is 13.3. The van der Waals surface area contributed by atoms with Crippen molar-refractivity contribution in [1.29, 1.82) is 0 Å². The molecule has 21 heavy (non-hydrogen) atoms. The van der Waals surface area contributed by atoms with Crippen LogP contribution in [0.2, 0.25) is 0 Å². The molecule has 3 aliphatic heterocycles. The molecule has 1 spiro atoms. The lowest BCUT2D eigenvalue weighted by atomic mass is 10.2. The molecule has 114 valence electrons. The summed E-state index contributed by atoms with van der Waals surface area (Å²) in [5.74, 6) is 0. The van der Waals surface area contributed by atoms with Gasteiger partial charge in [-0.1, -0.05) is 0 Å². The Morgan fingerprint density at radius 3 is 2.71 bits per heavy atom. The van der Waals surface area contributed by atoms with E-state index in [-0.39, 0.29) is 10.9 Å². The fourth-order valence-electron chi connectivity index (χ4n) is 2.24. The predicted octanol–water partition coefficient (Wildman–Crippen LogP) is 1.39. The summed E-state index contributed by atoms with van der Waals surface area (Å²) in [6, 6.07) is 0. The van der Waals surface area contributed by atoms with E-state index in [1.807, 2.05) is 0 Å². The highest BCUT2D eigenvalue weighted by molar-refractivity contribution is 8.30. The normalized spacial score (nSPS) is 29.8. The number of alkyl halides is 3. The second-order valence-electron chi connectivity index (χ2n) is 4.27. The smallest absolute Gasteiger partial charge is 0.469 e. The highest BCUT2D eigenvalue weighted by Gasteiger charge is 2.78. The van der Waals surface area contributed by atoms with Gasteiger partial charge in [-0.15, -0.1) is 5.43 Å². The van der Waals surface area contributed by atoms with Gasteiger partial charge in [-0.05, 0) is 11.6 Å². The number of thioether (sulfide) groups is 2. The number of amidine groups is 1. The first-order chi connectivity index (χ1) is 9.83. The van der Waals surface area contributed by atoms with Gasteiger partial charge in [-0.3, -0.25) is 4.99 Å². The van der Waals surface area contributed by atoms with Crippen molar-refractivity contribution >= 4 is 45.3 Å². The summed E-state index contributed by atoms with van der Waals surface area (Å²) in [5, 5.41) is 4.74. The zero-order valence-corrected chi connectivity index (χ0v) is 13.0. The van der Waals surface area contributed by atoms with Gasteiger partial charge >= 0.3 is 21.4 Å². The summed E-state index contributed by atoms with van der Waals surface area (Å²) in [7, 11) is 1.58. The summed E-state index contributed by atoms with van der Waals surface area (Å²) in [4.78, 5) is 4.01. The van der Waals surface area contributed by atoms with Gasteiger partial charge in [0.1, 0.15) is 11.8 Å². The number of hydrazine groups is 1. The third-order valence-electron chi connectivity index (χ3n) is 3.02. The van der Waals surface area contributed by atoms with Crippen LogP contribution in [0.3, 0.4) is 0 Å². The van der Waals surface area contributed by atoms with E-state index in [0.717, 1.165) is 16.4 Å². The summed E-state index contributed by atoms with van der Waals surface area (Å²) in [6.07, 6.45) is -4.50. The lowest BCUT2D eigenvalue weighted by Crippen LogP contribution is -2.39. The maximum absolute atomic E-state index is 13.3. The van der Waals surface area contributed by atoms with Gasteiger partial charge in [0.05, 0.1) is 23.5 Å². The number of hydrogen-bond donors (Lipinski definition) is 1. The highest BCUT2D eigenvalue weighted by Crippen LogP contribution is 2.50. The van der Waals surface area contributed by atoms with Crippen molar-refractivity contribution in [2.75, 3.05) is 13.7 Å². The number of halogens is 3. The number of rotatable bonds is 1. The van der Waals surface area contributed by atoms with Crippen LogP contribution in [0.25, 0.3) is 0 Å². The molecule has 0 radical (unpaired) electrons. The predicted molar refractivity (Wildman–Crippen MR) is 75.7 cm³/mol. The summed E-state index contributed by atoms with van der Waals surface area (Å²) < 4.78 is 46.6. The molecular formula is C10H12F3N5OS2+2. The van der Waals surface area contributed by atoms with E-state index in [4.69, 9.17) is 4.74 Å². The third kappa shape index (κ3) is 1.97. The number of ether oxygens (including phenoxy) is 1. The Balaban J connectivity index is 2.16. The highest BCUT2D eigenvalue weighted by atomic mass is 32.2. The molecule has 1 saturated heterocycles. The molecule has 0 aromatic rings. The average Bonchev–Trinajstić information content (AvgIpc) is 2.96. The van der Waals surface area contributed by atoms with E-state index in [1.54, 1.807) is 14.0 Å². The molecule has 0 aromatic heterocycles. The number of aliphatic imine (C=N–C) groups is 1. The molecule has 0 saturated carbocycles. The zero-order valence-electron chi connectivity index (χ0n) is 11.4. The molecule has 1 N–H and O–H groups in total. The Hall–Kier alpha value is -1.23. The van der Waals surface area contributed by atoms with Gasteiger partial charge in [0, 0.05) is 18.7 Å². The minimum atomic E-state index is -4.50. The van der Waals surface area contributed by atoms with Crippen molar-refractivity contribution < 1.29 is 27.3 Å². The molecule has 3 aliphatic rings. The number of hydrogen-bond acceptors (Lipinski definition) is 5. The molecule has 0 bridgehead atoms. The van der Waals surface area contributed by atoms with Gasteiger partial charge in [0.25, 0.3) is 5.71 Å². The molecule has 6 nitrogen and oxygen atoms in total. The van der Waals surface area contributed by atoms with Gasteiger partial charge < -0.3 is 4.74 Å². The van der Waals surface area contributed by atoms with Crippen molar-refractivity contribution in [3.05, 3.63) is 0 Å². The first-order valence-corrected chi connectivity index (χ1v) is 7.68. The van der Waals surface area contributed by atoms with E-state index < -0.39 is 16.2 Å². The van der Waals surface area contributed by atoms with Crippen LogP contribution >= 0.6 is 23.5 Å². The Morgan fingerprint density at radius 1 is 1.43 bits per heavy atom. The summed E-state index contributed by atoms with van der Waals surface area (Å²) in [5.41, 5.74) is 2.14. The number of hydrazone groups is 2. The maximum Gasteiger partial charge on any atom is 0.522 e. The topological polar surface area (TPSA) is 52.0 Å². The minimum absolute atomic E-state index is 0.0560. The molecule has 11 heteroatoms. The second kappa shape index (κ2) is 4.63. The molecule has 1 fully saturated rings. The fraction of sp³-hybridized carbons (Fsp3) is 0.600. The van der Waals surface area contributed by atoms with Crippen LogP contribution in [0.4, 0.5) is 13.2 Å². The Bertz CT molecular complexity index is 639. The zero-order chi connectivity index (χ0) is 15.4. The van der Waals surface area contributed by atoms with Crippen LogP contribution in [0.1, 0.15) is 13.8 Å². The van der Waals surface area contributed by atoms with Gasteiger partial charge in [0.15, 0.2) is 0 Å². The Morgan fingerprint density at radius 2 is 2.14 bits per heavy atom. The van der Waals surface area contributed by atoms with Crippen LogP contribution in [-0.2, 0) is 4.74 Å². The molecule has 0 aromatic carbocycles. The Labute approximate surface area is 126 Å². The van der Waals surface area contributed by atoms with Crippen LogP contribution < -0.4 is 5.43 Å². The van der Waals surface area contributed by atoms with Gasteiger partial charge in [-0.2, -0.15) is 13.2 Å². The largest absolute Gasteiger partial charge is 0.522 e. The molecular weight excluding hydrogens is 327 g/mol. The SMILES string of the molecule is CCOC1=N[N+]2=C(C(F)(F)F)C(C)=[N+]3NC(=NC)SC23S1. The van der Waals surface area contributed by atoms with E-state index in [9.17, 15) is 13.2 Å². The molecule has 1 atom stereocenters. The van der Waals surface area contributed by atoms with E-state index >= 15 is 0 Å². The van der Waals surface area contributed by atoms with Gasteiger partial charge in [0.2, 0.25) is 5.17 Å². The van der Waals surface area contributed by atoms with Crippen molar-refractivity contribution in [2.24, 2.45) is 10.1 Å². The average molecular weight is 339 g/mol. The Kier molecular flexibility index (Phi) is 3.24. The van der Waals surface area contributed by atoms with Crippen molar-refractivity contribution in [3.63, 3.8) is 0 Å². The van der Waals surface area contributed by atoms with Crippen LogP contribution in [0, 0.1) is 0 Å². The van der Waals surface area contributed by atoms with Crippen molar-refractivity contribution in [3.8, 4) is 0 Å². The number of nitrogens with one attached hydrogen (secondary N) is 1. The lowest BCUT2D eigenvalue weighted by Gasteiger charge is -2.02. The molecule has 0 aliphatic carbocycles. The minimum Gasteiger partial charge on any atom is -0.469 e. The standard InChI is InChI=1S/C10H11F3N5OS2/c1-4-19-8-16-18-6(9(11,12)13)5(2)17-10(18,21-8)20-7(14-3)15-17/h4H2,1-3H3/q+1/p+1. The first-order valence-electron chi connectivity index (χ1n) is 6.05. The summed E-state index contributed by atoms with van der Waals surface area (Å²) >= 11 is 2.29. The van der Waals surface area contributed by atoms with E-state index in [1.165, 1.54) is 23.4 Å². The quantitative estimate of drug-likeness (QED) is 0.734. The molecule has 3 heterocycles. The fourth-order valence-corrected chi connectivity index (χ4v) is 4.85. The first kappa shape index (κ1) is 14.7. The number of nitrogens with zero attached hydrogens (tertiary/aromatic N) is 4.